The third-order valence-corrected chi connectivity index (χ3v) is 15.5. The first-order chi connectivity index (χ1) is 25.9. The number of aliphatic hydroxyl groups is 2. The molecule has 2 aliphatic heterocycles. The molecule has 2 unspecified atom stereocenters. The van der Waals surface area contributed by atoms with Crippen LogP contribution in [0.15, 0.2) is 66.9 Å². The topological polar surface area (TPSA) is 110 Å². The van der Waals surface area contributed by atoms with Crippen LogP contribution in [0.2, 0.25) is 0 Å². The standard InChI is InChI=1S/C47H56N2O6/c1-25(2)37-40(52)35-34-28(31-23-43(3,4)55-44(5,6)36(31)39(34)51)22-29-30-21-27-15-16-32-45(7,19-20-48-42(53)54-24-26-13-11-10-12-14-26)33(50)17-18-46(32,8)47(27,9)41(30)49(37)38(29)35/h10-14,19-20,22-23,27,32-33,36-37,39,50-51H,1,15-18,21,24H2,2-9H3,(H,48,53)/b20-19+/t27?,32-,33-,36?,37-,39+,45-,46-,47+/m0/s1. The molecule has 0 radical (unpaired) electrons. The van der Waals surface area contributed by atoms with E-state index in [2.05, 4.69) is 77.1 Å². The van der Waals surface area contributed by atoms with E-state index in [9.17, 15) is 19.8 Å². The van der Waals surface area contributed by atoms with Crippen LogP contribution in [0, 0.1) is 28.6 Å². The number of aliphatic hydroxyl groups excluding tert-OH is 2. The summed E-state index contributed by atoms with van der Waals surface area (Å²) in [6.45, 7) is 21.8. The van der Waals surface area contributed by atoms with Gasteiger partial charge < -0.3 is 24.3 Å². The molecule has 3 aromatic rings. The number of ketones is 1. The highest BCUT2D eigenvalue weighted by atomic mass is 16.5. The van der Waals surface area contributed by atoms with Crippen molar-refractivity contribution in [2.45, 2.75) is 129 Å². The van der Waals surface area contributed by atoms with E-state index in [0.717, 1.165) is 64.4 Å². The van der Waals surface area contributed by atoms with Crippen molar-refractivity contribution >= 4 is 28.4 Å². The zero-order chi connectivity index (χ0) is 39.2. The van der Waals surface area contributed by atoms with Gasteiger partial charge in [0.15, 0.2) is 5.78 Å². The van der Waals surface area contributed by atoms with Crippen LogP contribution in [-0.4, -0.2) is 44.0 Å². The molecule has 290 valence electrons. The number of carbonyl (C=O) groups excluding carboxylic acids is 2. The Hall–Kier alpha value is -3.98. The number of hydrogen-bond donors (Lipinski definition) is 3. The maximum atomic E-state index is 14.9. The Balaban J connectivity index is 1.15. The molecule has 3 N–H and O–H groups in total. The lowest BCUT2D eigenvalue weighted by molar-refractivity contribution is -0.145. The maximum absolute atomic E-state index is 14.9. The van der Waals surface area contributed by atoms with Crippen molar-refractivity contribution < 1.29 is 29.3 Å². The van der Waals surface area contributed by atoms with Crippen molar-refractivity contribution in [3.63, 3.8) is 0 Å². The number of nitrogens with one attached hydrogen (secondary N) is 1. The second kappa shape index (κ2) is 11.8. The zero-order valence-corrected chi connectivity index (χ0v) is 33.6. The number of carbonyl (C=O) groups is 2. The fraction of sp³-hybridized carbons (Fsp3) is 0.532. The van der Waals surface area contributed by atoms with Gasteiger partial charge in [0.1, 0.15) is 12.6 Å². The summed E-state index contributed by atoms with van der Waals surface area (Å²) in [5.74, 6) is 0.198. The predicted octanol–water partition coefficient (Wildman–Crippen LogP) is 9.04. The normalized spacial score (nSPS) is 36.2. The Labute approximate surface area is 324 Å². The fourth-order valence-electron chi connectivity index (χ4n) is 13.2. The predicted molar refractivity (Wildman–Crippen MR) is 213 cm³/mol. The van der Waals surface area contributed by atoms with Gasteiger partial charge in [0, 0.05) is 39.6 Å². The van der Waals surface area contributed by atoms with E-state index in [0.29, 0.717) is 17.9 Å². The molecule has 9 atom stereocenters. The fourth-order valence-corrected chi connectivity index (χ4v) is 13.2. The van der Waals surface area contributed by atoms with Gasteiger partial charge in [-0.05, 0) is 118 Å². The largest absolute Gasteiger partial charge is 0.444 e. The number of aromatic nitrogens is 1. The first kappa shape index (κ1) is 36.6. The highest BCUT2D eigenvalue weighted by Gasteiger charge is 2.68. The number of amides is 1. The maximum Gasteiger partial charge on any atom is 0.411 e. The highest BCUT2D eigenvalue weighted by molar-refractivity contribution is 6.18. The van der Waals surface area contributed by atoms with Crippen molar-refractivity contribution in [2.75, 3.05) is 0 Å². The van der Waals surface area contributed by atoms with Gasteiger partial charge in [-0.25, -0.2) is 4.79 Å². The quantitative estimate of drug-likeness (QED) is 0.225. The Bertz CT molecular complexity index is 2240. The summed E-state index contributed by atoms with van der Waals surface area (Å²) >= 11 is 0. The Morgan fingerprint density at radius 2 is 1.80 bits per heavy atom. The van der Waals surface area contributed by atoms with E-state index in [1.54, 1.807) is 6.20 Å². The van der Waals surface area contributed by atoms with E-state index < -0.39 is 41.0 Å². The van der Waals surface area contributed by atoms with Gasteiger partial charge in [0.2, 0.25) is 0 Å². The first-order valence-electron chi connectivity index (χ1n) is 20.2. The number of Topliss-reactive ketones (excluding diaryl/α,β-unsaturated/α-hetero) is 1. The van der Waals surface area contributed by atoms with Crippen LogP contribution < -0.4 is 5.32 Å². The van der Waals surface area contributed by atoms with E-state index in [-0.39, 0.29) is 35.1 Å². The lowest BCUT2D eigenvalue weighted by Crippen LogP contribution is -2.62. The van der Waals surface area contributed by atoms with Crippen LogP contribution in [0.25, 0.3) is 16.5 Å². The summed E-state index contributed by atoms with van der Waals surface area (Å²) in [4.78, 5) is 27.6. The molecule has 0 spiro atoms. The van der Waals surface area contributed by atoms with Crippen molar-refractivity contribution in [1.29, 1.82) is 0 Å². The molecule has 55 heavy (non-hydrogen) atoms. The number of benzene rings is 2. The summed E-state index contributed by atoms with van der Waals surface area (Å²) in [6.07, 6.45) is 8.17. The van der Waals surface area contributed by atoms with Gasteiger partial charge in [-0.2, -0.15) is 0 Å². The average molecular weight is 745 g/mol. The number of fused-ring (bicyclic) bond motifs is 11. The van der Waals surface area contributed by atoms with Crippen LogP contribution in [-0.2, 0) is 27.9 Å². The van der Waals surface area contributed by atoms with Gasteiger partial charge in [-0.3, -0.25) is 10.1 Å². The molecule has 2 saturated carbocycles. The summed E-state index contributed by atoms with van der Waals surface area (Å²) in [5, 5.41) is 27.9. The monoisotopic (exact) mass is 744 g/mol. The molecule has 8 nitrogen and oxygen atoms in total. The number of ether oxygens (including phenoxy) is 2. The zero-order valence-electron chi connectivity index (χ0n) is 33.6. The van der Waals surface area contributed by atoms with Crippen molar-refractivity contribution in [3.05, 3.63) is 100 Å². The molecule has 4 aliphatic carbocycles. The molecule has 2 aromatic carbocycles. The lowest BCUT2D eigenvalue weighted by Gasteiger charge is -2.64. The average Bonchev–Trinajstić information content (AvgIpc) is 3.78. The minimum absolute atomic E-state index is 0.0186. The SMILES string of the molecule is C=C(C)[C@H]1C(=O)c2c3c(cc4c5c(n1c24)[C@@]1(C)C(CC[C@H]2[C@](C)(/C=C/NC(=O)OCc4ccccc4)[C@@H](O)CC[C@@]21C)C5)C1=CC(C)(C)OC(C)(C)C1[C@@H]3O. The Morgan fingerprint density at radius 1 is 1.07 bits per heavy atom. The van der Waals surface area contributed by atoms with E-state index in [1.165, 1.54) is 11.3 Å². The van der Waals surface area contributed by atoms with Crippen LogP contribution in [0.1, 0.15) is 132 Å². The molecule has 8 heteroatoms. The summed E-state index contributed by atoms with van der Waals surface area (Å²) in [5.41, 5.74) is 6.34. The molecular formula is C47H56N2O6. The number of rotatable bonds is 5. The van der Waals surface area contributed by atoms with Crippen LogP contribution in [0.4, 0.5) is 4.79 Å². The number of alkyl carbamates (subject to hydrolysis) is 1. The molecule has 1 amide bonds. The minimum atomic E-state index is -0.866. The van der Waals surface area contributed by atoms with Crippen LogP contribution >= 0.6 is 0 Å². The van der Waals surface area contributed by atoms with E-state index in [4.69, 9.17) is 9.47 Å². The van der Waals surface area contributed by atoms with Crippen molar-refractivity contribution in [1.82, 2.24) is 9.88 Å². The molecule has 3 heterocycles. The molecule has 0 saturated heterocycles. The van der Waals surface area contributed by atoms with Crippen LogP contribution in [0.3, 0.4) is 0 Å². The smallest absolute Gasteiger partial charge is 0.411 e. The number of allylic oxidation sites excluding steroid dienone is 1. The van der Waals surface area contributed by atoms with Crippen molar-refractivity contribution in [3.8, 4) is 0 Å². The lowest BCUT2D eigenvalue weighted by atomic mass is 9.40. The summed E-state index contributed by atoms with van der Waals surface area (Å²) in [7, 11) is 0. The molecule has 2 fully saturated rings. The third kappa shape index (κ3) is 4.80. The number of nitrogens with zero attached hydrogens (tertiary/aromatic N) is 1. The highest BCUT2D eigenvalue weighted by Crippen LogP contribution is 2.71. The number of hydrogen-bond acceptors (Lipinski definition) is 6. The van der Waals surface area contributed by atoms with Gasteiger partial charge in [0.05, 0.1) is 34.5 Å². The van der Waals surface area contributed by atoms with Gasteiger partial charge in [0.25, 0.3) is 0 Å². The Kier molecular flexibility index (Phi) is 7.85. The third-order valence-electron chi connectivity index (χ3n) is 15.5. The van der Waals surface area contributed by atoms with Gasteiger partial charge in [-0.1, -0.05) is 69.3 Å². The molecule has 1 aromatic heterocycles. The Morgan fingerprint density at radius 3 is 2.51 bits per heavy atom. The van der Waals surface area contributed by atoms with E-state index in [1.807, 2.05) is 43.3 Å². The second-order valence-electron chi connectivity index (χ2n) is 19.4. The molecule has 0 bridgehead atoms. The second-order valence-corrected chi connectivity index (χ2v) is 19.4. The van der Waals surface area contributed by atoms with E-state index >= 15 is 0 Å². The molecule has 9 rings (SSSR count). The molecular weight excluding hydrogens is 689 g/mol. The van der Waals surface area contributed by atoms with Crippen LogP contribution in [0.5, 0.6) is 0 Å². The summed E-state index contributed by atoms with van der Waals surface area (Å²) in [6, 6.07) is 11.3. The first-order valence-corrected chi connectivity index (χ1v) is 20.2. The van der Waals surface area contributed by atoms with Crippen molar-refractivity contribution in [2.24, 2.45) is 28.6 Å². The molecule has 6 aliphatic rings. The van der Waals surface area contributed by atoms with Gasteiger partial charge >= 0.3 is 6.09 Å². The van der Waals surface area contributed by atoms with Gasteiger partial charge in [-0.15, -0.1) is 0 Å². The summed E-state index contributed by atoms with van der Waals surface area (Å²) < 4.78 is 14.4. The minimum Gasteiger partial charge on any atom is -0.444 e.